The van der Waals surface area contributed by atoms with Crippen LogP contribution in [-0.2, 0) is 4.79 Å². The lowest BCUT2D eigenvalue weighted by atomic mass is 9.84. The summed E-state index contributed by atoms with van der Waals surface area (Å²) in [5, 5.41) is 6.28. The van der Waals surface area contributed by atoms with E-state index in [1.807, 2.05) is 12.1 Å². The number of amides is 2. The monoisotopic (exact) mass is 496 g/mol. The van der Waals surface area contributed by atoms with Crippen molar-refractivity contribution in [1.29, 1.82) is 0 Å². The number of carbonyl (C=O) groups is 2. The second-order valence-corrected chi connectivity index (χ2v) is 9.24. The zero-order valence-electron chi connectivity index (χ0n) is 18.7. The summed E-state index contributed by atoms with van der Waals surface area (Å²) in [4.78, 5) is 24.9. The summed E-state index contributed by atoms with van der Waals surface area (Å²) in [6.07, 6.45) is 6.41. The van der Waals surface area contributed by atoms with Gasteiger partial charge in [0.15, 0.2) is 6.61 Å². The number of rotatable bonds is 7. The lowest BCUT2D eigenvalue weighted by Crippen LogP contribution is -2.20. The zero-order valence-corrected chi connectivity index (χ0v) is 20.2. The third-order valence-corrected chi connectivity index (χ3v) is 6.45. The van der Waals surface area contributed by atoms with Gasteiger partial charge >= 0.3 is 0 Å². The van der Waals surface area contributed by atoms with Gasteiger partial charge in [-0.15, -0.1) is 0 Å². The van der Waals surface area contributed by atoms with Gasteiger partial charge in [0.25, 0.3) is 11.8 Å². The standard InChI is InChI=1S/C27H26Cl2N2O3/c28-20-11-14-24(25(29)15-20)27(33)31-22-8-4-7-21(16-22)30-26(32)17-34-23-12-9-19(10-13-23)18-5-2-1-3-6-18/h4,7-16,18H,1-3,5-6,17H2,(H,30,32)(H,31,33). The number of nitrogens with one attached hydrogen (secondary N) is 2. The van der Waals surface area contributed by atoms with Crippen LogP contribution in [0, 0.1) is 0 Å². The highest BCUT2D eigenvalue weighted by Crippen LogP contribution is 2.33. The normalized spacial score (nSPS) is 13.8. The summed E-state index contributed by atoms with van der Waals surface area (Å²) in [6, 6.07) is 19.6. The van der Waals surface area contributed by atoms with Crippen LogP contribution in [0.4, 0.5) is 11.4 Å². The van der Waals surface area contributed by atoms with Gasteiger partial charge in [-0.2, -0.15) is 0 Å². The van der Waals surface area contributed by atoms with Crippen LogP contribution in [0.5, 0.6) is 5.75 Å². The van der Waals surface area contributed by atoms with Crippen molar-refractivity contribution in [3.63, 3.8) is 0 Å². The Bertz CT molecular complexity index is 1160. The molecule has 3 aromatic carbocycles. The van der Waals surface area contributed by atoms with Crippen molar-refractivity contribution in [3.05, 3.63) is 87.9 Å². The molecule has 5 nitrogen and oxygen atoms in total. The number of anilines is 2. The van der Waals surface area contributed by atoms with E-state index in [0.29, 0.717) is 33.6 Å². The molecule has 4 rings (SSSR count). The van der Waals surface area contributed by atoms with Gasteiger partial charge in [-0.25, -0.2) is 0 Å². The topological polar surface area (TPSA) is 67.4 Å². The second-order valence-electron chi connectivity index (χ2n) is 8.40. The van der Waals surface area contributed by atoms with Gasteiger partial charge in [0.1, 0.15) is 5.75 Å². The highest BCUT2D eigenvalue weighted by molar-refractivity contribution is 6.37. The molecule has 1 saturated carbocycles. The third-order valence-electron chi connectivity index (χ3n) is 5.91. The molecule has 2 amide bonds. The number of benzene rings is 3. The quantitative estimate of drug-likeness (QED) is 0.360. The summed E-state index contributed by atoms with van der Waals surface area (Å²) in [7, 11) is 0. The summed E-state index contributed by atoms with van der Waals surface area (Å²) in [5.41, 5.74) is 2.72. The van der Waals surface area contributed by atoms with Crippen LogP contribution in [0.2, 0.25) is 10.0 Å². The summed E-state index contributed by atoms with van der Waals surface area (Å²) in [6.45, 7) is -0.111. The van der Waals surface area contributed by atoms with Crippen LogP contribution >= 0.6 is 23.2 Å². The van der Waals surface area contributed by atoms with Gasteiger partial charge in [-0.1, -0.05) is 60.7 Å². The molecule has 0 unspecified atom stereocenters. The number of ether oxygens (including phenoxy) is 1. The van der Waals surface area contributed by atoms with E-state index in [9.17, 15) is 9.59 Å². The van der Waals surface area contributed by atoms with Crippen molar-refractivity contribution in [2.75, 3.05) is 17.2 Å². The van der Waals surface area contributed by atoms with E-state index in [-0.39, 0.29) is 23.4 Å². The van der Waals surface area contributed by atoms with Crippen LogP contribution < -0.4 is 15.4 Å². The Balaban J connectivity index is 1.29. The van der Waals surface area contributed by atoms with Gasteiger partial charge < -0.3 is 15.4 Å². The van der Waals surface area contributed by atoms with Crippen molar-refractivity contribution in [3.8, 4) is 5.75 Å². The van der Waals surface area contributed by atoms with Crippen molar-refractivity contribution < 1.29 is 14.3 Å². The maximum absolute atomic E-state index is 12.5. The molecule has 3 aromatic rings. The van der Waals surface area contributed by atoms with E-state index in [1.54, 1.807) is 36.4 Å². The van der Waals surface area contributed by atoms with Crippen LogP contribution in [-0.4, -0.2) is 18.4 Å². The number of hydrogen-bond donors (Lipinski definition) is 2. The lowest BCUT2D eigenvalue weighted by molar-refractivity contribution is -0.118. The predicted octanol–water partition coefficient (Wildman–Crippen LogP) is 7.31. The molecule has 1 aliphatic rings. The number of halogens is 2. The molecule has 7 heteroatoms. The first-order valence-electron chi connectivity index (χ1n) is 11.4. The fourth-order valence-corrected chi connectivity index (χ4v) is 4.66. The molecule has 0 heterocycles. The highest BCUT2D eigenvalue weighted by Gasteiger charge is 2.15. The molecule has 0 atom stereocenters. The Morgan fingerprint density at radius 3 is 2.26 bits per heavy atom. The van der Waals surface area contributed by atoms with E-state index >= 15 is 0 Å². The van der Waals surface area contributed by atoms with Crippen LogP contribution in [0.25, 0.3) is 0 Å². The van der Waals surface area contributed by atoms with Crippen molar-refractivity contribution in [2.45, 2.75) is 38.0 Å². The Morgan fingerprint density at radius 1 is 0.853 bits per heavy atom. The molecular formula is C27H26Cl2N2O3. The predicted molar refractivity (Wildman–Crippen MR) is 137 cm³/mol. The first-order valence-corrected chi connectivity index (χ1v) is 12.1. The maximum Gasteiger partial charge on any atom is 0.262 e. The van der Waals surface area contributed by atoms with Crippen molar-refractivity contribution in [2.24, 2.45) is 0 Å². The van der Waals surface area contributed by atoms with Gasteiger partial charge in [0, 0.05) is 16.4 Å². The first-order chi connectivity index (χ1) is 16.5. The van der Waals surface area contributed by atoms with Gasteiger partial charge in [-0.3, -0.25) is 9.59 Å². The van der Waals surface area contributed by atoms with Crippen molar-refractivity contribution >= 4 is 46.4 Å². The van der Waals surface area contributed by atoms with E-state index in [0.717, 1.165) is 0 Å². The summed E-state index contributed by atoms with van der Waals surface area (Å²) >= 11 is 12.0. The Morgan fingerprint density at radius 2 is 1.56 bits per heavy atom. The third kappa shape index (κ3) is 6.52. The van der Waals surface area contributed by atoms with Crippen LogP contribution in [0.3, 0.4) is 0 Å². The van der Waals surface area contributed by atoms with Gasteiger partial charge in [0.2, 0.25) is 0 Å². The van der Waals surface area contributed by atoms with E-state index in [2.05, 4.69) is 22.8 Å². The van der Waals surface area contributed by atoms with Crippen LogP contribution in [0.15, 0.2) is 66.7 Å². The molecule has 1 fully saturated rings. The number of carbonyl (C=O) groups excluding carboxylic acids is 2. The molecule has 1 aliphatic carbocycles. The molecular weight excluding hydrogens is 471 g/mol. The molecule has 34 heavy (non-hydrogen) atoms. The zero-order chi connectivity index (χ0) is 23.9. The molecule has 0 radical (unpaired) electrons. The molecule has 0 bridgehead atoms. The average Bonchev–Trinajstić information content (AvgIpc) is 2.84. The smallest absolute Gasteiger partial charge is 0.262 e. The van der Waals surface area contributed by atoms with E-state index < -0.39 is 0 Å². The van der Waals surface area contributed by atoms with Gasteiger partial charge in [0.05, 0.1) is 10.6 Å². The molecule has 176 valence electrons. The fraction of sp³-hybridized carbons (Fsp3) is 0.259. The molecule has 0 spiro atoms. The Labute approximate surface area is 209 Å². The Hall–Kier alpha value is -3.02. The fourth-order valence-electron chi connectivity index (χ4n) is 4.16. The largest absolute Gasteiger partial charge is 0.484 e. The minimum absolute atomic E-state index is 0.111. The average molecular weight is 497 g/mol. The summed E-state index contributed by atoms with van der Waals surface area (Å²) in [5.74, 6) is 0.635. The lowest BCUT2D eigenvalue weighted by Gasteiger charge is -2.22. The SMILES string of the molecule is O=C(COc1ccc(C2CCCCC2)cc1)Nc1cccc(NC(=O)c2ccc(Cl)cc2Cl)c1. The molecule has 0 saturated heterocycles. The molecule has 0 aliphatic heterocycles. The van der Waals surface area contributed by atoms with E-state index in [4.69, 9.17) is 27.9 Å². The number of hydrogen-bond acceptors (Lipinski definition) is 3. The minimum Gasteiger partial charge on any atom is -0.484 e. The Kier molecular flexibility index (Phi) is 8.09. The van der Waals surface area contributed by atoms with Gasteiger partial charge in [-0.05, 0) is 72.9 Å². The van der Waals surface area contributed by atoms with Crippen LogP contribution in [0.1, 0.15) is 53.9 Å². The van der Waals surface area contributed by atoms with Crippen molar-refractivity contribution in [1.82, 2.24) is 0 Å². The summed E-state index contributed by atoms with van der Waals surface area (Å²) < 4.78 is 5.65. The minimum atomic E-state index is -0.370. The van der Waals surface area contributed by atoms with E-state index in [1.165, 1.54) is 43.7 Å². The highest BCUT2D eigenvalue weighted by atomic mass is 35.5. The molecule has 0 aromatic heterocycles. The maximum atomic E-state index is 12.5. The second kappa shape index (κ2) is 11.4. The first kappa shape index (κ1) is 24.1. The molecule has 2 N–H and O–H groups in total.